The Kier molecular flexibility index (Phi) is 6.23. The summed E-state index contributed by atoms with van der Waals surface area (Å²) in [5.41, 5.74) is 1.15. The number of nitrogens with zero attached hydrogens (tertiary/aromatic N) is 8. The Labute approximate surface area is 219 Å². The Morgan fingerprint density at radius 1 is 1.16 bits per heavy atom. The highest BCUT2D eigenvalue weighted by Crippen LogP contribution is 2.32. The molecule has 12 heteroatoms. The van der Waals surface area contributed by atoms with Crippen LogP contribution in [0.3, 0.4) is 0 Å². The van der Waals surface area contributed by atoms with Crippen LogP contribution in [0.25, 0.3) is 28.1 Å². The molecule has 0 saturated carbocycles. The molecule has 11 nitrogen and oxygen atoms in total. The number of aryl methyl sites for hydroxylation is 2. The van der Waals surface area contributed by atoms with Crippen molar-refractivity contribution in [3.63, 3.8) is 0 Å². The number of alkyl halides is 1. The van der Waals surface area contributed by atoms with E-state index in [2.05, 4.69) is 11.8 Å². The van der Waals surface area contributed by atoms with Gasteiger partial charge in [-0.1, -0.05) is 19.1 Å². The smallest absolute Gasteiger partial charge is 0.300 e. The van der Waals surface area contributed by atoms with E-state index in [9.17, 15) is 9.18 Å². The molecule has 3 aromatic heterocycles. The molecular formula is C26H31FN8O3. The average Bonchev–Trinajstić information content (AvgIpc) is 3.47. The van der Waals surface area contributed by atoms with Gasteiger partial charge in [0.15, 0.2) is 35.2 Å². The lowest BCUT2D eigenvalue weighted by molar-refractivity contribution is -0.125. The zero-order valence-electron chi connectivity index (χ0n) is 21.8. The summed E-state index contributed by atoms with van der Waals surface area (Å²) in [6.45, 7) is 6.52. The maximum Gasteiger partial charge on any atom is 0.300 e. The first-order valence-corrected chi connectivity index (χ1v) is 13.0. The Morgan fingerprint density at radius 3 is 2.66 bits per heavy atom. The lowest BCUT2D eigenvalue weighted by Crippen LogP contribution is -2.55. The van der Waals surface area contributed by atoms with E-state index in [1.807, 2.05) is 35.9 Å². The van der Waals surface area contributed by atoms with Crippen molar-refractivity contribution < 1.29 is 18.7 Å². The van der Waals surface area contributed by atoms with Crippen LogP contribution < -0.4 is 9.64 Å². The van der Waals surface area contributed by atoms with E-state index < -0.39 is 5.67 Å². The molecule has 5 heterocycles. The summed E-state index contributed by atoms with van der Waals surface area (Å²) in [4.78, 5) is 34.6. The first-order valence-electron chi connectivity index (χ1n) is 13.0. The second-order valence-electron chi connectivity index (χ2n) is 10.0. The third-order valence-corrected chi connectivity index (χ3v) is 7.17. The minimum atomic E-state index is -1.93. The fourth-order valence-corrected chi connectivity index (χ4v) is 5.04. The van der Waals surface area contributed by atoms with E-state index in [0.29, 0.717) is 80.9 Å². The van der Waals surface area contributed by atoms with Crippen LogP contribution in [-0.2, 0) is 23.0 Å². The first-order chi connectivity index (χ1) is 18.4. The van der Waals surface area contributed by atoms with E-state index in [0.717, 1.165) is 16.9 Å². The third kappa shape index (κ3) is 4.27. The fraction of sp³-hybridized carbons (Fsp3) is 0.500. The van der Waals surface area contributed by atoms with Crippen LogP contribution in [0.15, 0.2) is 24.3 Å². The molecule has 0 amide bonds. The third-order valence-electron chi connectivity index (χ3n) is 7.17. The van der Waals surface area contributed by atoms with Gasteiger partial charge in [-0.25, -0.2) is 9.37 Å². The van der Waals surface area contributed by atoms with Crippen molar-refractivity contribution in [1.29, 1.82) is 0 Å². The summed E-state index contributed by atoms with van der Waals surface area (Å²) < 4.78 is 29.9. The summed E-state index contributed by atoms with van der Waals surface area (Å²) in [5.74, 6) is 2.09. The SMILES string of the molecule is CCc1nc2ccccc2n1-c1nc(N2CCOCC2)c2nc(OC3CCN3CC(C)(F)C=O)n(C)c2n1. The van der Waals surface area contributed by atoms with Gasteiger partial charge >= 0.3 is 0 Å². The number of fused-ring (bicyclic) bond motifs is 2. The normalized spacial score (nSPS) is 20.0. The van der Waals surface area contributed by atoms with Crippen molar-refractivity contribution in [1.82, 2.24) is 34.0 Å². The van der Waals surface area contributed by atoms with Gasteiger partial charge in [-0.15, -0.1) is 0 Å². The summed E-state index contributed by atoms with van der Waals surface area (Å²) in [7, 11) is 1.85. The Bertz CT molecular complexity index is 1490. The molecular weight excluding hydrogens is 491 g/mol. The number of aromatic nitrogens is 6. The van der Waals surface area contributed by atoms with Crippen LogP contribution in [0.5, 0.6) is 6.01 Å². The molecule has 2 atom stereocenters. The highest BCUT2D eigenvalue weighted by molar-refractivity contribution is 5.86. The molecule has 2 saturated heterocycles. The predicted molar refractivity (Wildman–Crippen MR) is 140 cm³/mol. The summed E-state index contributed by atoms with van der Waals surface area (Å²) in [6.07, 6.45) is 1.40. The van der Waals surface area contributed by atoms with Crippen molar-refractivity contribution in [3.8, 4) is 12.0 Å². The molecule has 4 aromatic rings. The molecule has 200 valence electrons. The van der Waals surface area contributed by atoms with Crippen LogP contribution in [-0.4, -0.2) is 91.5 Å². The number of rotatable bonds is 8. The molecule has 6 rings (SSSR count). The molecule has 0 spiro atoms. The molecule has 38 heavy (non-hydrogen) atoms. The number of hydrogen-bond donors (Lipinski definition) is 0. The molecule has 1 aromatic carbocycles. The number of halogens is 1. The number of anilines is 1. The number of hydrogen-bond acceptors (Lipinski definition) is 9. The largest absolute Gasteiger partial charge is 0.445 e. The highest BCUT2D eigenvalue weighted by atomic mass is 19.1. The van der Waals surface area contributed by atoms with E-state index >= 15 is 0 Å². The van der Waals surface area contributed by atoms with Crippen molar-refractivity contribution in [2.24, 2.45) is 7.05 Å². The second-order valence-corrected chi connectivity index (χ2v) is 10.0. The molecule has 2 aliphatic rings. The fourth-order valence-electron chi connectivity index (χ4n) is 5.04. The number of imidazole rings is 2. The number of aldehydes is 1. The lowest BCUT2D eigenvalue weighted by Gasteiger charge is -2.41. The zero-order valence-corrected chi connectivity index (χ0v) is 21.8. The number of likely N-dealkylation sites (tertiary alicyclic amines) is 1. The molecule has 0 bridgehead atoms. The van der Waals surface area contributed by atoms with Crippen LogP contribution in [0.4, 0.5) is 10.2 Å². The number of ether oxygens (including phenoxy) is 2. The highest BCUT2D eigenvalue weighted by Gasteiger charge is 2.37. The van der Waals surface area contributed by atoms with Gasteiger partial charge in [-0.3, -0.25) is 18.8 Å². The average molecular weight is 523 g/mol. The molecule has 0 radical (unpaired) electrons. The first kappa shape index (κ1) is 24.7. The molecule has 2 fully saturated rings. The van der Waals surface area contributed by atoms with Gasteiger partial charge in [0.2, 0.25) is 5.95 Å². The standard InChI is InChI=1S/C26H31FN8O3/c1-4-19-28-17-7-5-6-8-18(17)35(19)24-30-22-21(23(31-24)33-11-13-37-14-12-33)29-25(32(22)3)38-20-9-10-34(20)15-26(2,27)16-36/h5-8,16,20H,4,9-15H2,1-3H3. The summed E-state index contributed by atoms with van der Waals surface area (Å²) in [5, 5.41) is 0. The molecule has 2 unspecified atom stereocenters. The molecule has 0 aliphatic carbocycles. The van der Waals surface area contributed by atoms with Crippen LogP contribution in [0.2, 0.25) is 0 Å². The Balaban J connectivity index is 1.44. The Hall–Kier alpha value is -3.64. The van der Waals surface area contributed by atoms with E-state index in [4.69, 9.17) is 29.4 Å². The van der Waals surface area contributed by atoms with Crippen LogP contribution in [0.1, 0.15) is 26.1 Å². The summed E-state index contributed by atoms with van der Waals surface area (Å²) >= 11 is 0. The maximum atomic E-state index is 14.3. The topological polar surface area (TPSA) is 103 Å². The Morgan fingerprint density at radius 2 is 1.95 bits per heavy atom. The minimum absolute atomic E-state index is 0.0262. The van der Waals surface area contributed by atoms with Gasteiger partial charge in [-0.05, 0) is 19.1 Å². The van der Waals surface area contributed by atoms with E-state index in [1.54, 1.807) is 9.47 Å². The minimum Gasteiger partial charge on any atom is -0.445 e. The van der Waals surface area contributed by atoms with E-state index in [-0.39, 0.29) is 12.8 Å². The predicted octanol–water partition coefficient (Wildman–Crippen LogP) is 2.44. The van der Waals surface area contributed by atoms with Gasteiger partial charge in [0.25, 0.3) is 6.01 Å². The van der Waals surface area contributed by atoms with Gasteiger partial charge in [0.05, 0.1) is 24.2 Å². The summed E-state index contributed by atoms with van der Waals surface area (Å²) in [6, 6.07) is 8.32. The lowest BCUT2D eigenvalue weighted by atomic mass is 10.1. The number of para-hydroxylation sites is 2. The number of carbonyl (C=O) groups is 1. The van der Waals surface area contributed by atoms with Gasteiger partial charge < -0.3 is 14.4 Å². The zero-order chi connectivity index (χ0) is 26.4. The van der Waals surface area contributed by atoms with Crippen molar-refractivity contribution in [2.75, 3.05) is 44.3 Å². The molecule has 2 aliphatic heterocycles. The molecule has 0 N–H and O–H groups in total. The van der Waals surface area contributed by atoms with Crippen molar-refractivity contribution in [2.45, 2.75) is 38.6 Å². The number of carbonyl (C=O) groups excluding carboxylic acids is 1. The van der Waals surface area contributed by atoms with Gasteiger partial charge in [-0.2, -0.15) is 15.0 Å². The van der Waals surface area contributed by atoms with Crippen molar-refractivity contribution in [3.05, 3.63) is 30.1 Å². The maximum absolute atomic E-state index is 14.3. The number of morpholine rings is 1. The van der Waals surface area contributed by atoms with E-state index in [1.165, 1.54) is 6.92 Å². The van der Waals surface area contributed by atoms with Crippen LogP contribution >= 0.6 is 0 Å². The van der Waals surface area contributed by atoms with Crippen LogP contribution in [0, 0.1) is 0 Å². The monoisotopic (exact) mass is 522 g/mol. The second kappa shape index (κ2) is 9.59. The number of benzene rings is 1. The van der Waals surface area contributed by atoms with Gasteiger partial charge in [0.1, 0.15) is 5.82 Å². The quantitative estimate of drug-likeness (QED) is 0.323. The van der Waals surface area contributed by atoms with Crippen molar-refractivity contribution >= 4 is 34.3 Å². The van der Waals surface area contributed by atoms with Gasteiger partial charge in [0, 0.05) is 46.1 Å².